The van der Waals surface area contributed by atoms with Crippen LogP contribution in [0.5, 0.6) is 0 Å². The summed E-state index contributed by atoms with van der Waals surface area (Å²) in [7, 11) is 0. The number of halogens is 2. The summed E-state index contributed by atoms with van der Waals surface area (Å²) in [4.78, 5) is 6.17. The average molecular weight is 299 g/mol. The van der Waals surface area contributed by atoms with Crippen LogP contribution in [-0.2, 0) is 0 Å². The van der Waals surface area contributed by atoms with E-state index >= 15 is 0 Å². The average Bonchev–Trinajstić information content (AvgIpc) is 2.42. The summed E-state index contributed by atoms with van der Waals surface area (Å²) in [6.45, 7) is 11.4. The molecule has 1 heterocycles. The standard InChI is InChI=1S/C16H27F2N3/c1-6-12(7-2)21(10-11(4)5)16-14(18)9-13(17)15(20-16)19-8-3/h9,11-12H,6-8,10H2,1-5H3,(H,19,20). The molecule has 1 aromatic heterocycles. The van der Waals surface area contributed by atoms with Gasteiger partial charge in [-0.05, 0) is 25.7 Å². The van der Waals surface area contributed by atoms with Gasteiger partial charge >= 0.3 is 0 Å². The van der Waals surface area contributed by atoms with E-state index in [1.165, 1.54) is 0 Å². The minimum atomic E-state index is -0.646. The Morgan fingerprint density at radius 2 is 1.76 bits per heavy atom. The predicted molar refractivity (Wildman–Crippen MR) is 84.9 cm³/mol. The van der Waals surface area contributed by atoms with Crippen LogP contribution in [-0.4, -0.2) is 24.1 Å². The maximum Gasteiger partial charge on any atom is 0.168 e. The maximum absolute atomic E-state index is 14.2. The van der Waals surface area contributed by atoms with Crippen molar-refractivity contribution in [2.24, 2.45) is 5.92 Å². The molecule has 0 saturated carbocycles. The fourth-order valence-corrected chi connectivity index (χ4v) is 2.48. The second kappa shape index (κ2) is 8.15. The lowest BCUT2D eigenvalue weighted by Crippen LogP contribution is -2.38. The highest BCUT2D eigenvalue weighted by Crippen LogP contribution is 2.26. The van der Waals surface area contributed by atoms with Crippen LogP contribution in [0.1, 0.15) is 47.5 Å². The first-order valence-electron chi connectivity index (χ1n) is 7.80. The van der Waals surface area contributed by atoms with Crippen molar-refractivity contribution in [2.45, 2.75) is 53.5 Å². The van der Waals surface area contributed by atoms with Gasteiger partial charge in [0, 0.05) is 25.2 Å². The molecule has 0 aliphatic heterocycles. The van der Waals surface area contributed by atoms with E-state index in [2.05, 4.69) is 38.0 Å². The number of hydrogen-bond donors (Lipinski definition) is 1. The first kappa shape index (κ1) is 17.7. The van der Waals surface area contributed by atoms with Gasteiger partial charge in [0.25, 0.3) is 0 Å². The summed E-state index contributed by atoms with van der Waals surface area (Å²) in [6, 6.07) is 1.13. The third kappa shape index (κ3) is 4.55. The molecule has 0 amide bonds. The smallest absolute Gasteiger partial charge is 0.168 e. The van der Waals surface area contributed by atoms with E-state index in [0.29, 0.717) is 19.0 Å². The minimum absolute atomic E-state index is 0.119. The number of anilines is 2. The lowest BCUT2D eigenvalue weighted by Gasteiger charge is -2.33. The van der Waals surface area contributed by atoms with Gasteiger partial charge in [-0.15, -0.1) is 0 Å². The van der Waals surface area contributed by atoms with Crippen molar-refractivity contribution >= 4 is 11.6 Å². The molecule has 1 N–H and O–H groups in total. The molecule has 0 saturated heterocycles. The molecule has 0 aliphatic rings. The van der Waals surface area contributed by atoms with E-state index in [1.54, 1.807) is 0 Å². The molecular formula is C16H27F2N3. The van der Waals surface area contributed by atoms with E-state index in [-0.39, 0.29) is 17.7 Å². The van der Waals surface area contributed by atoms with Crippen LogP contribution >= 0.6 is 0 Å². The van der Waals surface area contributed by atoms with Crippen molar-refractivity contribution in [1.82, 2.24) is 4.98 Å². The summed E-state index contributed by atoms with van der Waals surface area (Å²) in [5.74, 6) is -0.503. The lowest BCUT2D eigenvalue weighted by atomic mass is 10.1. The molecule has 0 radical (unpaired) electrons. The third-order valence-electron chi connectivity index (χ3n) is 3.47. The third-order valence-corrected chi connectivity index (χ3v) is 3.47. The van der Waals surface area contributed by atoms with Crippen molar-refractivity contribution in [2.75, 3.05) is 23.3 Å². The summed E-state index contributed by atoms with van der Waals surface area (Å²) >= 11 is 0. The Balaban J connectivity index is 3.25. The Hall–Kier alpha value is -1.39. The van der Waals surface area contributed by atoms with Gasteiger partial charge in [0.2, 0.25) is 0 Å². The number of pyridine rings is 1. The Morgan fingerprint density at radius 1 is 1.14 bits per heavy atom. The molecule has 0 atom stereocenters. The van der Waals surface area contributed by atoms with Gasteiger partial charge in [-0.3, -0.25) is 0 Å². The van der Waals surface area contributed by atoms with Crippen molar-refractivity contribution in [3.63, 3.8) is 0 Å². The fourth-order valence-electron chi connectivity index (χ4n) is 2.48. The Kier molecular flexibility index (Phi) is 6.85. The highest BCUT2D eigenvalue weighted by Gasteiger charge is 2.23. The molecule has 0 spiro atoms. The topological polar surface area (TPSA) is 28.2 Å². The number of hydrogen-bond acceptors (Lipinski definition) is 3. The maximum atomic E-state index is 14.2. The van der Waals surface area contributed by atoms with Crippen molar-refractivity contribution in [1.29, 1.82) is 0 Å². The van der Waals surface area contributed by atoms with Crippen LogP contribution in [0, 0.1) is 17.6 Å². The number of nitrogens with one attached hydrogen (secondary N) is 1. The number of nitrogens with zero attached hydrogens (tertiary/aromatic N) is 2. The summed E-state index contributed by atoms with van der Waals surface area (Å²) in [5.41, 5.74) is 0. The number of aromatic nitrogens is 1. The lowest BCUT2D eigenvalue weighted by molar-refractivity contribution is 0.486. The van der Waals surface area contributed by atoms with Gasteiger partial charge in [-0.2, -0.15) is 0 Å². The van der Waals surface area contributed by atoms with Crippen molar-refractivity contribution in [3.8, 4) is 0 Å². The number of rotatable bonds is 8. The highest BCUT2D eigenvalue weighted by atomic mass is 19.1. The van der Waals surface area contributed by atoms with Crippen LogP contribution in [0.4, 0.5) is 20.4 Å². The SMILES string of the molecule is CCNc1nc(N(CC(C)C)C(CC)CC)c(F)cc1F. The molecular weight excluding hydrogens is 272 g/mol. The van der Waals surface area contributed by atoms with Gasteiger partial charge in [0.15, 0.2) is 23.3 Å². The normalized spacial score (nSPS) is 11.3. The zero-order chi connectivity index (χ0) is 16.0. The molecule has 5 heteroatoms. The molecule has 0 aromatic carbocycles. The van der Waals surface area contributed by atoms with Gasteiger partial charge in [-0.25, -0.2) is 13.8 Å². The molecule has 21 heavy (non-hydrogen) atoms. The Bertz CT molecular complexity index is 445. The minimum Gasteiger partial charge on any atom is -0.368 e. The van der Waals surface area contributed by atoms with Gasteiger partial charge in [0.1, 0.15) is 0 Å². The first-order chi connectivity index (χ1) is 9.94. The van der Waals surface area contributed by atoms with Gasteiger partial charge in [0.05, 0.1) is 0 Å². The second-order valence-electron chi connectivity index (χ2n) is 5.67. The zero-order valence-electron chi connectivity index (χ0n) is 13.7. The van der Waals surface area contributed by atoms with Crippen LogP contribution in [0.3, 0.4) is 0 Å². The molecule has 120 valence electrons. The van der Waals surface area contributed by atoms with Gasteiger partial charge < -0.3 is 10.2 Å². The van der Waals surface area contributed by atoms with Crippen LogP contribution in [0.2, 0.25) is 0 Å². The van der Waals surface area contributed by atoms with E-state index in [4.69, 9.17) is 0 Å². The fraction of sp³-hybridized carbons (Fsp3) is 0.688. The van der Waals surface area contributed by atoms with Gasteiger partial charge in [-0.1, -0.05) is 27.7 Å². The van der Waals surface area contributed by atoms with E-state index < -0.39 is 11.6 Å². The monoisotopic (exact) mass is 299 g/mol. The first-order valence-corrected chi connectivity index (χ1v) is 7.80. The quantitative estimate of drug-likeness (QED) is 0.769. The zero-order valence-corrected chi connectivity index (χ0v) is 13.7. The Morgan fingerprint density at radius 3 is 2.24 bits per heavy atom. The molecule has 0 bridgehead atoms. The molecule has 0 fully saturated rings. The van der Waals surface area contributed by atoms with E-state index in [0.717, 1.165) is 18.9 Å². The molecule has 0 unspecified atom stereocenters. The van der Waals surface area contributed by atoms with Crippen LogP contribution in [0.25, 0.3) is 0 Å². The molecule has 0 aliphatic carbocycles. The molecule has 3 nitrogen and oxygen atoms in total. The largest absolute Gasteiger partial charge is 0.368 e. The Labute approximate surface area is 126 Å². The summed E-state index contributed by atoms with van der Waals surface area (Å²) in [6.07, 6.45) is 1.80. The van der Waals surface area contributed by atoms with E-state index in [1.807, 2.05) is 11.8 Å². The molecule has 1 rings (SSSR count). The predicted octanol–water partition coefficient (Wildman–Crippen LogP) is 4.44. The van der Waals surface area contributed by atoms with Crippen molar-refractivity contribution < 1.29 is 8.78 Å². The summed E-state index contributed by atoms with van der Waals surface area (Å²) in [5, 5.41) is 2.85. The second-order valence-corrected chi connectivity index (χ2v) is 5.67. The molecule has 1 aromatic rings. The van der Waals surface area contributed by atoms with E-state index in [9.17, 15) is 8.78 Å². The summed E-state index contributed by atoms with van der Waals surface area (Å²) < 4.78 is 28.0. The van der Waals surface area contributed by atoms with Crippen LogP contribution < -0.4 is 10.2 Å². The van der Waals surface area contributed by atoms with Crippen molar-refractivity contribution in [3.05, 3.63) is 17.7 Å². The highest BCUT2D eigenvalue weighted by molar-refractivity contribution is 5.50. The van der Waals surface area contributed by atoms with Crippen LogP contribution in [0.15, 0.2) is 6.07 Å².